The third-order valence-corrected chi connectivity index (χ3v) is 3.22. The summed E-state index contributed by atoms with van der Waals surface area (Å²) in [4.78, 5) is 13.3. The number of carbonyl (C=O) groups is 1. The van der Waals surface area contributed by atoms with Gasteiger partial charge in [0.2, 0.25) is 5.91 Å². The monoisotopic (exact) mass is 227 g/mol. The van der Waals surface area contributed by atoms with Gasteiger partial charge in [-0.25, -0.2) is 0 Å². The number of hydrogen-bond donors (Lipinski definition) is 2. The molecular weight excluding hydrogens is 202 g/mol. The molecule has 1 amide bonds. The largest absolute Gasteiger partial charge is 0.352 e. The second kappa shape index (κ2) is 6.86. The van der Waals surface area contributed by atoms with Crippen LogP contribution in [0.3, 0.4) is 0 Å². The Morgan fingerprint density at radius 3 is 2.88 bits per heavy atom. The molecule has 0 spiro atoms. The van der Waals surface area contributed by atoms with Crippen LogP contribution < -0.4 is 10.6 Å². The zero-order chi connectivity index (χ0) is 12.0. The molecule has 1 saturated heterocycles. The van der Waals surface area contributed by atoms with Gasteiger partial charge in [-0.05, 0) is 46.8 Å². The molecule has 1 heterocycles. The van der Waals surface area contributed by atoms with Gasteiger partial charge in [0.25, 0.3) is 0 Å². The first-order chi connectivity index (χ1) is 7.59. The Labute approximate surface area is 98.8 Å². The second-order valence-electron chi connectivity index (χ2n) is 4.94. The van der Waals surface area contributed by atoms with E-state index in [9.17, 15) is 4.79 Å². The van der Waals surface area contributed by atoms with Crippen molar-refractivity contribution in [3.8, 4) is 0 Å². The number of nitrogens with zero attached hydrogens (tertiary/aromatic N) is 1. The number of carbonyl (C=O) groups excluding carboxylic acids is 1. The van der Waals surface area contributed by atoms with E-state index < -0.39 is 0 Å². The molecule has 0 radical (unpaired) electrons. The van der Waals surface area contributed by atoms with Gasteiger partial charge >= 0.3 is 0 Å². The van der Waals surface area contributed by atoms with Crippen molar-refractivity contribution in [3.63, 3.8) is 0 Å². The molecular formula is C12H25N3O. The lowest BCUT2D eigenvalue weighted by Gasteiger charge is -2.21. The number of rotatable bonds is 7. The third kappa shape index (κ3) is 4.94. The average Bonchev–Trinajstić information content (AvgIpc) is 2.63. The van der Waals surface area contributed by atoms with E-state index in [0.29, 0.717) is 18.5 Å². The normalized spacial score (nSPS) is 20.8. The Balaban J connectivity index is 1.94. The van der Waals surface area contributed by atoms with Gasteiger partial charge in [0.05, 0.1) is 0 Å². The van der Waals surface area contributed by atoms with Crippen molar-refractivity contribution in [1.82, 2.24) is 15.5 Å². The first-order valence-electron chi connectivity index (χ1n) is 6.30. The zero-order valence-electron chi connectivity index (χ0n) is 10.8. The second-order valence-corrected chi connectivity index (χ2v) is 4.94. The molecule has 1 rings (SSSR count). The van der Waals surface area contributed by atoms with Gasteiger partial charge in [0.15, 0.2) is 0 Å². The predicted molar refractivity (Wildman–Crippen MR) is 66.4 cm³/mol. The van der Waals surface area contributed by atoms with Crippen LogP contribution in [0.1, 0.15) is 33.1 Å². The number of hydrogen-bond acceptors (Lipinski definition) is 3. The molecule has 0 bridgehead atoms. The van der Waals surface area contributed by atoms with Gasteiger partial charge < -0.3 is 15.5 Å². The van der Waals surface area contributed by atoms with Crippen LogP contribution in [0.15, 0.2) is 0 Å². The van der Waals surface area contributed by atoms with E-state index >= 15 is 0 Å². The SMILES string of the molecule is CC(C)N(C)CCCNCC1CCC(=O)N1. The molecule has 2 N–H and O–H groups in total. The minimum atomic E-state index is 0.200. The molecule has 94 valence electrons. The smallest absolute Gasteiger partial charge is 0.220 e. The van der Waals surface area contributed by atoms with Crippen molar-refractivity contribution >= 4 is 5.91 Å². The summed E-state index contributed by atoms with van der Waals surface area (Å²) in [5.41, 5.74) is 0. The Bertz CT molecular complexity index is 218. The highest BCUT2D eigenvalue weighted by Crippen LogP contribution is 2.04. The van der Waals surface area contributed by atoms with Crippen molar-refractivity contribution in [1.29, 1.82) is 0 Å². The van der Waals surface area contributed by atoms with Gasteiger partial charge in [-0.3, -0.25) is 4.79 Å². The maximum atomic E-state index is 11.0. The topological polar surface area (TPSA) is 44.4 Å². The lowest BCUT2D eigenvalue weighted by molar-refractivity contribution is -0.119. The van der Waals surface area contributed by atoms with E-state index in [-0.39, 0.29) is 5.91 Å². The van der Waals surface area contributed by atoms with Crippen LogP contribution in [0.4, 0.5) is 0 Å². The minimum Gasteiger partial charge on any atom is -0.352 e. The van der Waals surface area contributed by atoms with Gasteiger partial charge in [0, 0.05) is 25.0 Å². The van der Waals surface area contributed by atoms with E-state index in [1.807, 2.05) is 0 Å². The minimum absolute atomic E-state index is 0.200. The molecule has 0 aromatic carbocycles. The Morgan fingerprint density at radius 1 is 1.56 bits per heavy atom. The van der Waals surface area contributed by atoms with Crippen LogP contribution >= 0.6 is 0 Å². The molecule has 1 fully saturated rings. The maximum Gasteiger partial charge on any atom is 0.220 e. The third-order valence-electron chi connectivity index (χ3n) is 3.22. The summed E-state index contributed by atoms with van der Waals surface area (Å²) < 4.78 is 0. The zero-order valence-corrected chi connectivity index (χ0v) is 10.8. The number of nitrogens with one attached hydrogen (secondary N) is 2. The Hall–Kier alpha value is -0.610. The van der Waals surface area contributed by atoms with Crippen LogP contribution in [-0.2, 0) is 4.79 Å². The molecule has 1 atom stereocenters. The van der Waals surface area contributed by atoms with Crippen LogP contribution in [0.5, 0.6) is 0 Å². The lowest BCUT2D eigenvalue weighted by atomic mass is 10.2. The van der Waals surface area contributed by atoms with E-state index in [1.165, 1.54) is 0 Å². The van der Waals surface area contributed by atoms with Gasteiger partial charge in [-0.15, -0.1) is 0 Å². The van der Waals surface area contributed by atoms with Crippen LogP contribution in [0.25, 0.3) is 0 Å². The predicted octanol–water partition coefficient (Wildman–Crippen LogP) is 0.585. The standard InChI is InChI=1S/C12H25N3O/c1-10(2)15(3)8-4-7-13-9-11-5-6-12(16)14-11/h10-11,13H,4-9H2,1-3H3,(H,14,16). The van der Waals surface area contributed by atoms with E-state index in [1.54, 1.807) is 0 Å². The molecule has 1 unspecified atom stereocenters. The summed E-state index contributed by atoms with van der Waals surface area (Å²) >= 11 is 0. The molecule has 1 aliphatic heterocycles. The molecule has 0 saturated carbocycles. The van der Waals surface area contributed by atoms with Crippen molar-refractivity contribution < 1.29 is 4.79 Å². The van der Waals surface area contributed by atoms with Crippen LogP contribution in [0, 0.1) is 0 Å². The summed E-state index contributed by atoms with van der Waals surface area (Å²) in [6, 6.07) is 0.976. The Morgan fingerprint density at radius 2 is 2.31 bits per heavy atom. The fraction of sp³-hybridized carbons (Fsp3) is 0.917. The summed E-state index contributed by atoms with van der Waals surface area (Å²) in [7, 11) is 2.15. The average molecular weight is 227 g/mol. The van der Waals surface area contributed by atoms with Crippen molar-refractivity contribution in [3.05, 3.63) is 0 Å². The number of amides is 1. The molecule has 0 aromatic heterocycles. The van der Waals surface area contributed by atoms with Gasteiger partial charge in [-0.1, -0.05) is 0 Å². The highest BCUT2D eigenvalue weighted by Gasteiger charge is 2.19. The van der Waals surface area contributed by atoms with Crippen molar-refractivity contribution in [2.24, 2.45) is 0 Å². The molecule has 1 aliphatic rings. The highest BCUT2D eigenvalue weighted by atomic mass is 16.1. The summed E-state index contributed by atoms with van der Waals surface area (Å²) in [6.45, 7) is 7.49. The van der Waals surface area contributed by atoms with E-state index in [2.05, 4.69) is 36.4 Å². The molecule has 0 aliphatic carbocycles. The van der Waals surface area contributed by atoms with Crippen LogP contribution in [0.2, 0.25) is 0 Å². The van der Waals surface area contributed by atoms with Crippen LogP contribution in [-0.4, -0.2) is 49.6 Å². The van der Waals surface area contributed by atoms with E-state index in [0.717, 1.165) is 32.5 Å². The molecule has 4 nitrogen and oxygen atoms in total. The molecule has 16 heavy (non-hydrogen) atoms. The van der Waals surface area contributed by atoms with Gasteiger partial charge in [-0.2, -0.15) is 0 Å². The quantitative estimate of drug-likeness (QED) is 0.626. The highest BCUT2D eigenvalue weighted by molar-refractivity contribution is 5.78. The summed E-state index contributed by atoms with van der Waals surface area (Å²) in [6.07, 6.45) is 2.84. The maximum absolute atomic E-state index is 11.0. The van der Waals surface area contributed by atoms with E-state index in [4.69, 9.17) is 0 Å². The van der Waals surface area contributed by atoms with Crippen molar-refractivity contribution in [2.75, 3.05) is 26.7 Å². The van der Waals surface area contributed by atoms with Crippen molar-refractivity contribution in [2.45, 2.75) is 45.2 Å². The molecule has 0 aromatic rings. The first kappa shape index (κ1) is 13.5. The summed E-state index contributed by atoms with van der Waals surface area (Å²) in [5.74, 6) is 0.200. The fourth-order valence-electron chi connectivity index (χ4n) is 1.82. The first-order valence-corrected chi connectivity index (χ1v) is 6.30. The summed E-state index contributed by atoms with van der Waals surface area (Å²) in [5, 5.41) is 6.36. The lowest BCUT2D eigenvalue weighted by Crippen LogP contribution is -2.37. The molecule has 4 heteroatoms. The van der Waals surface area contributed by atoms with Gasteiger partial charge in [0.1, 0.15) is 0 Å². The fourth-order valence-corrected chi connectivity index (χ4v) is 1.82. The Kier molecular flexibility index (Phi) is 5.77.